The first-order valence-corrected chi connectivity index (χ1v) is 5.91. The van der Waals surface area contributed by atoms with Gasteiger partial charge in [0, 0.05) is 23.2 Å². The molecule has 0 aliphatic rings. The number of benzene rings is 1. The van der Waals surface area contributed by atoms with E-state index >= 15 is 0 Å². The molecule has 88 valence electrons. The Kier molecular flexibility index (Phi) is 5.28. The smallest absolute Gasteiger partial charge is 0.236 e. The molecule has 0 fully saturated rings. The number of anilines is 1. The van der Waals surface area contributed by atoms with Crippen molar-refractivity contribution >= 4 is 27.5 Å². The van der Waals surface area contributed by atoms with Gasteiger partial charge in [0.2, 0.25) is 5.91 Å². The van der Waals surface area contributed by atoms with Crippen LogP contribution in [0.5, 0.6) is 0 Å². The van der Waals surface area contributed by atoms with E-state index < -0.39 is 6.04 Å². The van der Waals surface area contributed by atoms with Gasteiger partial charge in [0.1, 0.15) is 0 Å². The molecule has 1 aromatic rings. The Balaban J connectivity index is 2.23. The van der Waals surface area contributed by atoms with Crippen LogP contribution in [0.4, 0.5) is 5.69 Å². The van der Waals surface area contributed by atoms with Crippen molar-refractivity contribution in [2.24, 2.45) is 5.73 Å². The van der Waals surface area contributed by atoms with E-state index in [-0.39, 0.29) is 5.91 Å². The minimum atomic E-state index is -0.453. The molecule has 0 saturated carbocycles. The molecule has 5 heteroatoms. The molecule has 1 aromatic carbocycles. The normalized spacial score (nSPS) is 11.9. The Bertz CT molecular complexity index is 355. The average molecular weight is 286 g/mol. The third-order valence-electron chi connectivity index (χ3n) is 1.99. The number of hydrogen-bond donors (Lipinski definition) is 3. The van der Waals surface area contributed by atoms with Crippen LogP contribution in [0.25, 0.3) is 0 Å². The summed E-state index contributed by atoms with van der Waals surface area (Å²) in [6, 6.07) is 7.41. The van der Waals surface area contributed by atoms with Crippen molar-refractivity contribution in [2.75, 3.05) is 18.4 Å². The first-order chi connectivity index (χ1) is 7.59. The summed E-state index contributed by atoms with van der Waals surface area (Å²) in [6.07, 6.45) is 0. The molecule has 0 radical (unpaired) electrons. The number of carbonyl (C=O) groups excluding carboxylic acids is 1. The first-order valence-electron chi connectivity index (χ1n) is 5.12. The molecule has 4 nitrogen and oxygen atoms in total. The molecular formula is C11H16BrN3O. The van der Waals surface area contributed by atoms with Crippen molar-refractivity contribution in [3.8, 4) is 0 Å². The van der Waals surface area contributed by atoms with Crippen LogP contribution < -0.4 is 16.4 Å². The highest BCUT2D eigenvalue weighted by molar-refractivity contribution is 9.10. The zero-order valence-electron chi connectivity index (χ0n) is 9.16. The summed E-state index contributed by atoms with van der Waals surface area (Å²) in [5, 5.41) is 5.92. The van der Waals surface area contributed by atoms with Crippen molar-refractivity contribution in [2.45, 2.75) is 13.0 Å². The van der Waals surface area contributed by atoms with Crippen LogP contribution in [0.15, 0.2) is 28.7 Å². The van der Waals surface area contributed by atoms with Crippen molar-refractivity contribution in [1.82, 2.24) is 5.32 Å². The van der Waals surface area contributed by atoms with Crippen LogP contribution in [0, 0.1) is 0 Å². The van der Waals surface area contributed by atoms with Crippen LogP contribution >= 0.6 is 15.9 Å². The lowest BCUT2D eigenvalue weighted by Crippen LogP contribution is -2.40. The Morgan fingerprint density at radius 1 is 1.50 bits per heavy atom. The summed E-state index contributed by atoms with van der Waals surface area (Å²) in [7, 11) is 0. The van der Waals surface area contributed by atoms with Crippen LogP contribution in [0.1, 0.15) is 6.92 Å². The predicted molar refractivity (Wildman–Crippen MR) is 69.3 cm³/mol. The quantitative estimate of drug-likeness (QED) is 0.715. The molecule has 1 unspecified atom stereocenters. The van der Waals surface area contributed by atoms with E-state index in [2.05, 4.69) is 26.6 Å². The highest BCUT2D eigenvalue weighted by Crippen LogP contribution is 2.14. The summed E-state index contributed by atoms with van der Waals surface area (Å²) >= 11 is 3.39. The standard InChI is InChI=1S/C11H16BrN3O/c1-8(13)11(16)15-6-5-14-10-4-2-3-9(12)7-10/h2-4,7-8,14H,5-6,13H2,1H3,(H,15,16). The van der Waals surface area contributed by atoms with Gasteiger partial charge in [-0.25, -0.2) is 0 Å². The largest absolute Gasteiger partial charge is 0.383 e. The first kappa shape index (κ1) is 13.0. The van der Waals surface area contributed by atoms with E-state index in [0.29, 0.717) is 13.1 Å². The van der Waals surface area contributed by atoms with Gasteiger partial charge in [-0.3, -0.25) is 4.79 Å². The maximum atomic E-state index is 11.1. The Morgan fingerprint density at radius 3 is 2.88 bits per heavy atom. The number of nitrogens with one attached hydrogen (secondary N) is 2. The fourth-order valence-electron chi connectivity index (χ4n) is 1.15. The lowest BCUT2D eigenvalue weighted by Gasteiger charge is -2.09. The highest BCUT2D eigenvalue weighted by Gasteiger charge is 2.04. The van der Waals surface area contributed by atoms with Crippen LogP contribution in [-0.4, -0.2) is 25.0 Å². The third-order valence-corrected chi connectivity index (χ3v) is 2.48. The molecule has 1 rings (SSSR count). The van der Waals surface area contributed by atoms with Crippen molar-refractivity contribution in [3.05, 3.63) is 28.7 Å². The summed E-state index contributed by atoms with van der Waals surface area (Å²) in [6.45, 7) is 2.90. The Labute approximate surface area is 104 Å². The maximum Gasteiger partial charge on any atom is 0.236 e. The molecule has 4 N–H and O–H groups in total. The average Bonchev–Trinajstić information content (AvgIpc) is 2.24. The molecule has 0 heterocycles. The lowest BCUT2D eigenvalue weighted by atomic mass is 10.3. The maximum absolute atomic E-state index is 11.1. The second-order valence-electron chi connectivity index (χ2n) is 3.52. The zero-order chi connectivity index (χ0) is 12.0. The van der Waals surface area contributed by atoms with E-state index in [1.807, 2.05) is 24.3 Å². The minimum Gasteiger partial charge on any atom is -0.383 e. The van der Waals surface area contributed by atoms with Crippen LogP contribution in [-0.2, 0) is 4.79 Å². The van der Waals surface area contributed by atoms with Crippen molar-refractivity contribution in [1.29, 1.82) is 0 Å². The van der Waals surface area contributed by atoms with Gasteiger partial charge in [-0.15, -0.1) is 0 Å². The molecule has 1 amide bonds. The van der Waals surface area contributed by atoms with E-state index in [9.17, 15) is 4.79 Å². The zero-order valence-corrected chi connectivity index (χ0v) is 10.8. The van der Waals surface area contributed by atoms with Crippen molar-refractivity contribution < 1.29 is 4.79 Å². The predicted octanol–water partition coefficient (Wildman–Crippen LogP) is 1.32. The second kappa shape index (κ2) is 6.50. The molecule has 0 saturated heterocycles. The SMILES string of the molecule is CC(N)C(=O)NCCNc1cccc(Br)c1. The highest BCUT2D eigenvalue weighted by atomic mass is 79.9. The van der Waals surface area contributed by atoms with Gasteiger partial charge in [-0.05, 0) is 25.1 Å². The van der Waals surface area contributed by atoms with E-state index in [0.717, 1.165) is 10.2 Å². The van der Waals surface area contributed by atoms with Crippen molar-refractivity contribution in [3.63, 3.8) is 0 Å². The third kappa shape index (κ3) is 4.63. The summed E-state index contributed by atoms with van der Waals surface area (Å²) in [4.78, 5) is 11.1. The molecular weight excluding hydrogens is 270 g/mol. The van der Waals surface area contributed by atoms with E-state index in [1.54, 1.807) is 6.92 Å². The van der Waals surface area contributed by atoms with E-state index in [1.165, 1.54) is 0 Å². The topological polar surface area (TPSA) is 67.2 Å². The van der Waals surface area contributed by atoms with Gasteiger partial charge < -0.3 is 16.4 Å². The molecule has 1 atom stereocenters. The van der Waals surface area contributed by atoms with E-state index in [4.69, 9.17) is 5.73 Å². The number of amides is 1. The second-order valence-corrected chi connectivity index (χ2v) is 4.43. The lowest BCUT2D eigenvalue weighted by molar-refractivity contribution is -0.121. The molecule has 0 spiro atoms. The summed E-state index contributed by atoms with van der Waals surface area (Å²) < 4.78 is 1.03. The summed E-state index contributed by atoms with van der Waals surface area (Å²) in [5.74, 6) is -0.129. The fourth-order valence-corrected chi connectivity index (χ4v) is 1.55. The van der Waals surface area contributed by atoms with Gasteiger partial charge in [0.15, 0.2) is 0 Å². The van der Waals surface area contributed by atoms with Crippen LogP contribution in [0.3, 0.4) is 0 Å². The number of hydrogen-bond acceptors (Lipinski definition) is 3. The van der Waals surface area contributed by atoms with Crippen LogP contribution in [0.2, 0.25) is 0 Å². The number of carbonyl (C=O) groups is 1. The molecule has 0 aliphatic carbocycles. The fraction of sp³-hybridized carbons (Fsp3) is 0.364. The van der Waals surface area contributed by atoms with Gasteiger partial charge >= 0.3 is 0 Å². The van der Waals surface area contributed by atoms with Gasteiger partial charge in [-0.1, -0.05) is 22.0 Å². The van der Waals surface area contributed by atoms with Gasteiger partial charge in [-0.2, -0.15) is 0 Å². The number of nitrogens with two attached hydrogens (primary N) is 1. The molecule has 0 aliphatic heterocycles. The molecule has 0 aromatic heterocycles. The number of rotatable bonds is 5. The molecule has 16 heavy (non-hydrogen) atoms. The van der Waals surface area contributed by atoms with Gasteiger partial charge in [0.25, 0.3) is 0 Å². The Morgan fingerprint density at radius 2 is 2.25 bits per heavy atom. The number of halogens is 1. The monoisotopic (exact) mass is 285 g/mol. The Hall–Kier alpha value is -1.07. The van der Waals surface area contributed by atoms with Gasteiger partial charge in [0.05, 0.1) is 6.04 Å². The minimum absolute atomic E-state index is 0.129. The summed E-state index contributed by atoms with van der Waals surface area (Å²) in [5.41, 5.74) is 6.43. The molecule has 0 bridgehead atoms.